The predicted octanol–water partition coefficient (Wildman–Crippen LogP) is 11.9. The summed E-state index contributed by atoms with van der Waals surface area (Å²) in [6.07, 6.45) is 0. The average molecular weight is 921 g/mol. The Balaban J connectivity index is 0.000000211. The monoisotopic (exact) mass is 920 g/mol. The molecular weight excluding hydrogens is 869 g/mol. The summed E-state index contributed by atoms with van der Waals surface area (Å²) in [5.41, 5.74) is 13.2. The zero-order valence-electron chi connectivity index (χ0n) is 39.0. The third kappa shape index (κ3) is 13.9. The second-order valence-electron chi connectivity index (χ2n) is 15.7. The molecule has 69 heavy (non-hydrogen) atoms. The molecule has 0 aliphatic rings. The summed E-state index contributed by atoms with van der Waals surface area (Å²) < 4.78 is 9.47. The highest BCUT2D eigenvalue weighted by molar-refractivity contribution is 5.94. The number of esters is 2. The van der Waals surface area contributed by atoms with E-state index in [0.717, 1.165) is 34.1 Å². The lowest BCUT2D eigenvalue weighted by molar-refractivity contribution is 0.0592. The van der Waals surface area contributed by atoms with Crippen LogP contribution in [0.25, 0.3) is 0 Å². The van der Waals surface area contributed by atoms with E-state index >= 15 is 0 Å². The molecule has 8 aromatic rings. The Bertz CT molecular complexity index is 2650. The topological polar surface area (TPSA) is 193 Å². The van der Waals surface area contributed by atoms with Crippen molar-refractivity contribution in [3.63, 3.8) is 0 Å². The summed E-state index contributed by atoms with van der Waals surface area (Å²) in [5.74, 6) is -0.431. The van der Waals surface area contributed by atoms with E-state index in [4.69, 9.17) is 9.47 Å². The molecule has 0 radical (unpaired) electrons. The molecule has 348 valence electrons. The number of hydrogen-bond donors (Lipinski definition) is 7. The molecule has 0 aliphatic heterocycles. The number of nitrogens with zero attached hydrogens (tertiary/aromatic N) is 3. The second-order valence-corrected chi connectivity index (χ2v) is 15.7. The Morgan fingerprint density at radius 3 is 0.855 bits per heavy atom. The van der Waals surface area contributed by atoms with Gasteiger partial charge in [0, 0.05) is 63.8 Å². The van der Waals surface area contributed by atoms with E-state index in [0.29, 0.717) is 33.8 Å². The summed E-state index contributed by atoms with van der Waals surface area (Å²) in [5, 5.41) is 22.4. The summed E-state index contributed by atoms with van der Waals surface area (Å²) in [7, 11) is 4.20. The third-order valence-electron chi connectivity index (χ3n) is 10.3. The Labute approximate surface area is 400 Å². The molecule has 0 atom stereocenters. The van der Waals surface area contributed by atoms with Gasteiger partial charge in [0.05, 0.1) is 25.3 Å². The average Bonchev–Trinajstić information content (AvgIpc) is 3.36. The first-order chi connectivity index (χ1) is 33.4. The van der Waals surface area contributed by atoms with Crippen LogP contribution in [0.1, 0.15) is 47.8 Å². The fourth-order valence-electron chi connectivity index (χ4n) is 6.65. The fourth-order valence-corrected chi connectivity index (χ4v) is 6.65. The molecule has 15 nitrogen and oxygen atoms in total. The van der Waals surface area contributed by atoms with Crippen LogP contribution >= 0.6 is 0 Å². The van der Waals surface area contributed by atoms with Crippen molar-refractivity contribution in [2.45, 2.75) is 20.8 Å². The molecule has 0 unspecified atom stereocenters. The van der Waals surface area contributed by atoms with Crippen LogP contribution in [-0.4, -0.2) is 54.1 Å². The minimum absolute atomic E-state index is 0.198. The number of carbonyl (C=O) groups excluding carboxylic acids is 3. The minimum atomic E-state index is -0.444. The standard InChI is InChI=1S/C27H25N7O5.C27H27N3/c1-28-22(35)16-4-10-19(11-5-16)29-25-32-26(30-20-12-6-17(7-13-20)23(36)38-2)34-27(33-25)31-21-14-8-18(9-15-21)24(37)39-3;1-19-4-10-22(11-5-19)28-25-16-26(29-23-12-6-20(2)7-13-23)18-27(17-25)30-24-14-8-21(3)9-15-24/h4-15H,1-3H3,(H,28,35)(H3,29,30,31,32,33,34);4-18,28-30H,1-3H3. The molecule has 1 heterocycles. The SMILES string of the molecule is CNC(=O)c1ccc(Nc2nc(Nc3ccc(C(=O)OC)cc3)nc(Nc3ccc(C(=O)OC)cc3)n2)cc1.Cc1ccc(Nc2cc(Nc3ccc(C)cc3)cc(Nc3ccc(C)cc3)c2)cc1. The van der Waals surface area contributed by atoms with Crippen molar-refractivity contribution in [3.05, 3.63) is 197 Å². The number of aryl methyl sites for hydroxylation is 3. The van der Waals surface area contributed by atoms with Gasteiger partial charge >= 0.3 is 11.9 Å². The normalized spacial score (nSPS) is 10.3. The summed E-state index contributed by atoms with van der Waals surface area (Å²) in [4.78, 5) is 48.6. The van der Waals surface area contributed by atoms with Crippen LogP contribution in [0.5, 0.6) is 0 Å². The molecule has 8 rings (SSSR count). The molecule has 7 aromatic carbocycles. The van der Waals surface area contributed by atoms with Crippen LogP contribution in [0.3, 0.4) is 0 Å². The lowest BCUT2D eigenvalue weighted by Gasteiger charge is -2.15. The van der Waals surface area contributed by atoms with Gasteiger partial charge in [0.2, 0.25) is 17.8 Å². The van der Waals surface area contributed by atoms with E-state index in [1.165, 1.54) is 30.9 Å². The van der Waals surface area contributed by atoms with E-state index < -0.39 is 11.9 Å². The number of rotatable bonds is 15. The number of aromatic nitrogens is 3. The van der Waals surface area contributed by atoms with E-state index in [9.17, 15) is 14.4 Å². The van der Waals surface area contributed by atoms with E-state index in [-0.39, 0.29) is 23.8 Å². The molecule has 0 saturated heterocycles. The van der Waals surface area contributed by atoms with Crippen LogP contribution in [0, 0.1) is 20.8 Å². The Morgan fingerprint density at radius 2 is 0.594 bits per heavy atom. The van der Waals surface area contributed by atoms with Crippen molar-refractivity contribution in [2.24, 2.45) is 0 Å². The fraction of sp³-hybridized carbons (Fsp3) is 0.111. The molecular formula is C54H52N10O5. The highest BCUT2D eigenvalue weighted by atomic mass is 16.5. The summed E-state index contributed by atoms with van der Waals surface area (Å²) >= 11 is 0. The van der Waals surface area contributed by atoms with Crippen molar-refractivity contribution >= 4 is 86.9 Å². The number of ether oxygens (including phenoxy) is 2. The Morgan fingerprint density at radius 1 is 0.348 bits per heavy atom. The molecule has 0 saturated carbocycles. The third-order valence-corrected chi connectivity index (χ3v) is 10.3. The first-order valence-electron chi connectivity index (χ1n) is 21.8. The van der Waals surface area contributed by atoms with Gasteiger partial charge in [-0.1, -0.05) is 53.1 Å². The smallest absolute Gasteiger partial charge is 0.337 e. The number of methoxy groups -OCH3 is 2. The molecule has 1 aromatic heterocycles. The molecule has 1 amide bonds. The van der Waals surface area contributed by atoms with Crippen LogP contribution in [0.2, 0.25) is 0 Å². The van der Waals surface area contributed by atoms with Crippen molar-refractivity contribution in [3.8, 4) is 0 Å². The van der Waals surface area contributed by atoms with E-state index in [2.05, 4.69) is 164 Å². The van der Waals surface area contributed by atoms with Gasteiger partial charge in [-0.2, -0.15) is 15.0 Å². The lowest BCUT2D eigenvalue weighted by atomic mass is 10.1. The van der Waals surface area contributed by atoms with Crippen molar-refractivity contribution in [1.82, 2.24) is 20.3 Å². The van der Waals surface area contributed by atoms with Gasteiger partial charge in [-0.25, -0.2) is 9.59 Å². The van der Waals surface area contributed by atoms with Crippen molar-refractivity contribution in [2.75, 3.05) is 53.2 Å². The van der Waals surface area contributed by atoms with Gasteiger partial charge in [-0.05, 0) is 148 Å². The van der Waals surface area contributed by atoms with Crippen molar-refractivity contribution < 1.29 is 23.9 Å². The number of carbonyl (C=O) groups is 3. The number of benzene rings is 7. The molecule has 0 bridgehead atoms. The van der Waals surface area contributed by atoms with Gasteiger partial charge < -0.3 is 46.7 Å². The Hall–Kier alpha value is -9.24. The van der Waals surface area contributed by atoms with Gasteiger partial charge in [0.25, 0.3) is 5.91 Å². The number of amides is 1. The second kappa shape index (κ2) is 22.8. The minimum Gasteiger partial charge on any atom is -0.465 e. The molecule has 15 heteroatoms. The first-order valence-corrected chi connectivity index (χ1v) is 21.8. The van der Waals surface area contributed by atoms with Gasteiger partial charge in [-0.15, -0.1) is 0 Å². The maximum absolute atomic E-state index is 11.8. The van der Waals surface area contributed by atoms with E-state index in [1.807, 2.05) is 0 Å². The van der Waals surface area contributed by atoms with Gasteiger partial charge in [-0.3, -0.25) is 4.79 Å². The van der Waals surface area contributed by atoms with Crippen LogP contribution in [-0.2, 0) is 9.47 Å². The molecule has 7 N–H and O–H groups in total. The van der Waals surface area contributed by atoms with Gasteiger partial charge in [0.15, 0.2) is 0 Å². The maximum Gasteiger partial charge on any atom is 0.337 e. The molecule has 0 aliphatic carbocycles. The highest BCUT2D eigenvalue weighted by Gasteiger charge is 2.12. The summed E-state index contributed by atoms with van der Waals surface area (Å²) in [6, 6.07) is 51.7. The molecule has 0 fully saturated rings. The molecule has 0 spiro atoms. The first kappa shape index (κ1) is 47.7. The van der Waals surface area contributed by atoms with Crippen LogP contribution < -0.4 is 37.2 Å². The van der Waals surface area contributed by atoms with Crippen molar-refractivity contribution in [1.29, 1.82) is 0 Å². The number of hydrogen-bond acceptors (Lipinski definition) is 14. The predicted molar refractivity (Wildman–Crippen MR) is 275 cm³/mol. The van der Waals surface area contributed by atoms with E-state index in [1.54, 1.807) is 79.8 Å². The number of nitrogens with one attached hydrogen (secondary N) is 7. The van der Waals surface area contributed by atoms with Gasteiger partial charge in [0.1, 0.15) is 0 Å². The number of anilines is 12. The summed E-state index contributed by atoms with van der Waals surface area (Å²) in [6.45, 7) is 6.29. The maximum atomic E-state index is 11.8. The quantitative estimate of drug-likeness (QED) is 0.0480. The largest absolute Gasteiger partial charge is 0.465 e. The Kier molecular flexibility index (Phi) is 15.8. The highest BCUT2D eigenvalue weighted by Crippen LogP contribution is 2.30. The van der Waals surface area contributed by atoms with Crippen LogP contribution in [0.4, 0.5) is 69.0 Å². The van der Waals surface area contributed by atoms with Crippen LogP contribution in [0.15, 0.2) is 164 Å². The lowest BCUT2D eigenvalue weighted by Crippen LogP contribution is -2.17. The zero-order valence-corrected chi connectivity index (χ0v) is 39.0. The zero-order chi connectivity index (χ0) is 48.7.